The number of carbonyl (C=O) groups excluding carboxylic acids is 1. The number of hydrogen-bond donors (Lipinski definition) is 2. The summed E-state index contributed by atoms with van der Waals surface area (Å²) in [6, 6.07) is 0. The molecule has 12 heavy (non-hydrogen) atoms. The molecule has 0 aromatic rings. The van der Waals surface area contributed by atoms with Crippen LogP contribution in [0.15, 0.2) is 0 Å². The van der Waals surface area contributed by atoms with Crippen LogP contribution in [0.5, 0.6) is 0 Å². The van der Waals surface area contributed by atoms with Gasteiger partial charge in [-0.15, -0.1) is 0 Å². The summed E-state index contributed by atoms with van der Waals surface area (Å²) in [5, 5.41) is 12.3. The quantitative estimate of drug-likeness (QED) is 0.505. The average Bonchev–Trinajstić information content (AvgIpc) is 2.37. The van der Waals surface area contributed by atoms with Crippen LogP contribution in [0.2, 0.25) is 0 Å². The van der Waals surface area contributed by atoms with E-state index < -0.39 is 6.10 Å². The number of ether oxygens (including phenoxy) is 1. The molecule has 1 atom stereocenters. The smallest absolute Gasteiger partial charge is 0.249 e. The lowest BCUT2D eigenvalue weighted by atomic mass is 9.77. The molecule has 0 radical (unpaired) electrons. The molecule has 2 N–H and O–H groups in total. The monoisotopic (exact) mass is 171 g/mol. The van der Waals surface area contributed by atoms with Gasteiger partial charge in [-0.3, -0.25) is 4.79 Å². The maximum atomic E-state index is 11.0. The van der Waals surface area contributed by atoms with Crippen molar-refractivity contribution in [3.8, 4) is 0 Å². The molecule has 2 aliphatic rings. The Hall–Kier alpha value is -0.610. The molecule has 0 aliphatic carbocycles. The van der Waals surface area contributed by atoms with Crippen LogP contribution < -0.4 is 5.32 Å². The van der Waals surface area contributed by atoms with Gasteiger partial charge in [-0.1, -0.05) is 0 Å². The zero-order valence-electron chi connectivity index (χ0n) is 6.88. The van der Waals surface area contributed by atoms with Crippen molar-refractivity contribution in [3.63, 3.8) is 0 Å². The number of hydrogen-bond acceptors (Lipinski definition) is 3. The molecular formula is C8H13NO3. The Balaban J connectivity index is 2.14. The van der Waals surface area contributed by atoms with E-state index in [0.29, 0.717) is 19.8 Å². The first-order chi connectivity index (χ1) is 5.75. The van der Waals surface area contributed by atoms with Crippen LogP contribution in [-0.4, -0.2) is 36.9 Å². The summed E-state index contributed by atoms with van der Waals surface area (Å²) >= 11 is 0. The maximum absolute atomic E-state index is 11.0. The highest BCUT2D eigenvalue weighted by Crippen LogP contribution is 2.36. The third kappa shape index (κ3) is 1.03. The van der Waals surface area contributed by atoms with E-state index >= 15 is 0 Å². The van der Waals surface area contributed by atoms with Crippen LogP contribution in [0.4, 0.5) is 0 Å². The molecule has 1 amide bonds. The first-order valence-electron chi connectivity index (χ1n) is 4.28. The summed E-state index contributed by atoms with van der Waals surface area (Å²) in [7, 11) is 0. The van der Waals surface area contributed by atoms with E-state index in [0.717, 1.165) is 12.8 Å². The van der Waals surface area contributed by atoms with Gasteiger partial charge in [0.1, 0.15) is 6.10 Å². The van der Waals surface area contributed by atoms with Crippen molar-refractivity contribution in [2.45, 2.75) is 18.9 Å². The van der Waals surface area contributed by atoms with Crippen molar-refractivity contribution in [1.82, 2.24) is 5.32 Å². The lowest BCUT2D eigenvalue weighted by Gasteiger charge is -2.33. The molecule has 0 unspecified atom stereocenters. The molecule has 68 valence electrons. The summed E-state index contributed by atoms with van der Waals surface area (Å²) in [4.78, 5) is 11.0. The Kier molecular flexibility index (Phi) is 1.81. The van der Waals surface area contributed by atoms with Crippen molar-refractivity contribution in [2.24, 2.45) is 5.41 Å². The molecule has 0 bridgehead atoms. The zero-order valence-corrected chi connectivity index (χ0v) is 6.88. The minimum absolute atomic E-state index is 0.225. The van der Waals surface area contributed by atoms with Crippen molar-refractivity contribution < 1.29 is 14.6 Å². The summed E-state index contributed by atoms with van der Waals surface area (Å²) < 4.78 is 5.19. The summed E-state index contributed by atoms with van der Waals surface area (Å²) in [6.07, 6.45) is 0.751. The van der Waals surface area contributed by atoms with Crippen LogP contribution in [0.25, 0.3) is 0 Å². The molecule has 0 aromatic carbocycles. The van der Waals surface area contributed by atoms with Crippen LogP contribution in [0, 0.1) is 5.41 Å². The second-order valence-corrected chi connectivity index (χ2v) is 3.60. The fourth-order valence-electron chi connectivity index (χ4n) is 1.96. The van der Waals surface area contributed by atoms with E-state index in [1.165, 1.54) is 0 Å². The highest BCUT2D eigenvalue weighted by Gasteiger charge is 2.47. The van der Waals surface area contributed by atoms with E-state index in [4.69, 9.17) is 4.74 Å². The SMILES string of the molecule is O=C1NCC2(CCOCC2)[C@H]1O. The molecule has 4 nitrogen and oxygen atoms in total. The highest BCUT2D eigenvalue weighted by atomic mass is 16.5. The predicted octanol–water partition coefficient (Wildman–Crippen LogP) is -0.726. The molecule has 2 fully saturated rings. The largest absolute Gasteiger partial charge is 0.383 e. The second-order valence-electron chi connectivity index (χ2n) is 3.60. The first-order valence-corrected chi connectivity index (χ1v) is 4.28. The Morgan fingerprint density at radius 1 is 1.50 bits per heavy atom. The Morgan fingerprint density at radius 2 is 2.17 bits per heavy atom. The number of aliphatic hydroxyl groups excluding tert-OH is 1. The standard InChI is InChI=1S/C8H13NO3/c10-6-7(11)9-5-8(6)1-3-12-4-2-8/h6,10H,1-5H2,(H,9,11)/t6-/m0/s1. The molecule has 1 spiro atoms. The van der Waals surface area contributed by atoms with Crippen molar-refractivity contribution in [2.75, 3.05) is 19.8 Å². The van der Waals surface area contributed by atoms with Gasteiger partial charge >= 0.3 is 0 Å². The number of rotatable bonds is 0. The van der Waals surface area contributed by atoms with Gasteiger partial charge in [-0.05, 0) is 12.8 Å². The third-order valence-corrected chi connectivity index (χ3v) is 2.93. The van der Waals surface area contributed by atoms with E-state index in [1.807, 2.05) is 0 Å². The van der Waals surface area contributed by atoms with Gasteiger partial charge in [0.15, 0.2) is 0 Å². The van der Waals surface area contributed by atoms with Gasteiger partial charge in [-0.2, -0.15) is 0 Å². The first kappa shape index (κ1) is 8.01. The van der Waals surface area contributed by atoms with E-state index in [-0.39, 0.29) is 11.3 Å². The topological polar surface area (TPSA) is 58.6 Å². The summed E-state index contributed by atoms with van der Waals surface area (Å²) in [5.74, 6) is -0.225. The summed E-state index contributed by atoms with van der Waals surface area (Å²) in [5.41, 5.74) is -0.227. The van der Waals surface area contributed by atoms with Gasteiger partial charge in [0.2, 0.25) is 5.91 Å². The minimum atomic E-state index is -0.818. The normalized spacial score (nSPS) is 33.8. The second kappa shape index (κ2) is 2.71. The van der Waals surface area contributed by atoms with Crippen LogP contribution in [0.3, 0.4) is 0 Å². The number of nitrogens with one attached hydrogen (secondary N) is 1. The third-order valence-electron chi connectivity index (χ3n) is 2.93. The molecular weight excluding hydrogens is 158 g/mol. The minimum Gasteiger partial charge on any atom is -0.383 e. The van der Waals surface area contributed by atoms with Crippen LogP contribution in [-0.2, 0) is 9.53 Å². The molecule has 2 aliphatic heterocycles. The lowest BCUT2D eigenvalue weighted by molar-refractivity contribution is -0.131. The fraction of sp³-hybridized carbons (Fsp3) is 0.875. The van der Waals surface area contributed by atoms with Crippen molar-refractivity contribution in [1.29, 1.82) is 0 Å². The van der Waals surface area contributed by atoms with Crippen molar-refractivity contribution in [3.05, 3.63) is 0 Å². The lowest BCUT2D eigenvalue weighted by Crippen LogP contribution is -2.40. The molecule has 0 aromatic heterocycles. The van der Waals surface area contributed by atoms with E-state index in [2.05, 4.69) is 5.32 Å². The Labute approximate surface area is 70.9 Å². The Morgan fingerprint density at radius 3 is 2.67 bits per heavy atom. The van der Waals surface area contributed by atoms with E-state index in [9.17, 15) is 9.90 Å². The van der Waals surface area contributed by atoms with Gasteiger partial charge in [0.25, 0.3) is 0 Å². The van der Waals surface area contributed by atoms with Gasteiger partial charge in [-0.25, -0.2) is 0 Å². The van der Waals surface area contributed by atoms with Crippen LogP contribution in [0.1, 0.15) is 12.8 Å². The molecule has 2 heterocycles. The van der Waals surface area contributed by atoms with Gasteiger partial charge in [0, 0.05) is 25.2 Å². The van der Waals surface area contributed by atoms with E-state index in [1.54, 1.807) is 0 Å². The molecule has 4 heteroatoms. The fourth-order valence-corrected chi connectivity index (χ4v) is 1.96. The highest BCUT2D eigenvalue weighted by molar-refractivity contribution is 5.84. The van der Waals surface area contributed by atoms with Crippen molar-refractivity contribution >= 4 is 5.91 Å². The van der Waals surface area contributed by atoms with Gasteiger partial charge < -0.3 is 15.2 Å². The van der Waals surface area contributed by atoms with Crippen LogP contribution >= 0.6 is 0 Å². The number of amides is 1. The molecule has 2 rings (SSSR count). The Bertz CT molecular complexity index is 198. The summed E-state index contributed by atoms with van der Waals surface area (Å²) in [6.45, 7) is 1.92. The number of aliphatic hydroxyl groups is 1. The average molecular weight is 171 g/mol. The zero-order chi connectivity index (χ0) is 8.60. The molecule has 0 saturated carbocycles. The predicted molar refractivity (Wildman–Crippen MR) is 41.5 cm³/mol. The maximum Gasteiger partial charge on any atom is 0.249 e. The number of carbonyl (C=O) groups is 1. The van der Waals surface area contributed by atoms with Gasteiger partial charge in [0.05, 0.1) is 0 Å². The molecule has 2 saturated heterocycles.